The number of carbonyl (C=O) groups is 2. The van der Waals surface area contributed by atoms with E-state index in [1.54, 1.807) is 24.3 Å². The van der Waals surface area contributed by atoms with Gasteiger partial charge in [-0.15, -0.1) is 0 Å². The lowest BCUT2D eigenvalue weighted by molar-refractivity contribution is -0.119. The molecule has 3 rings (SSSR count). The molecular weight excluding hydrogens is 364 g/mol. The molecule has 0 bridgehead atoms. The van der Waals surface area contributed by atoms with Crippen LogP contribution < -0.4 is 16.5 Å². The summed E-state index contributed by atoms with van der Waals surface area (Å²) in [4.78, 5) is 23.6. The van der Waals surface area contributed by atoms with Crippen molar-refractivity contribution in [1.82, 2.24) is 5.01 Å². The van der Waals surface area contributed by atoms with Crippen LogP contribution in [0.3, 0.4) is 0 Å². The summed E-state index contributed by atoms with van der Waals surface area (Å²) in [6, 6.07) is 16.0. The fraction of sp³-hybridized carbons (Fsp3) is 0.0556. The lowest BCUT2D eigenvalue weighted by Crippen LogP contribution is -2.36. The van der Waals surface area contributed by atoms with Gasteiger partial charge in [0.2, 0.25) is 5.91 Å². The van der Waals surface area contributed by atoms with Crippen LogP contribution in [0.1, 0.15) is 12.5 Å². The summed E-state index contributed by atoms with van der Waals surface area (Å²) < 4.78 is 0. The molecule has 0 unspecified atom stereocenters. The normalized spacial score (nSPS) is 14.9. The zero-order valence-electron chi connectivity index (χ0n) is 14.3. The Balaban J connectivity index is 1.86. The highest BCUT2D eigenvalue weighted by molar-refractivity contribution is 7.80. The molecule has 0 aromatic heterocycles. The quantitative estimate of drug-likeness (QED) is 0.554. The third-order valence-electron chi connectivity index (χ3n) is 3.58. The van der Waals surface area contributed by atoms with E-state index in [9.17, 15) is 9.59 Å². The Morgan fingerprint density at radius 1 is 1.11 bits per heavy atom. The molecule has 0 fully saturated rings. The summed E-state index contributed by atoms with van der Waals surface area (Å²) in [7, 11) is 0. The predicted molar refractivity (Wildman–Crippen MR) is 108 cm³/mol. The summed E-state index contributed by atoms with van der Waals surface area (Å²) >= 11 is 4.88. The van der Waals surface area contributed by atoms with E-state index in [2.05, 4.69) is 20.9 Å². The first-order valence-electron chi connectivity index (χ1n) is 7.95. The molecule has 27 heavy (non-hydrogen) atoms. The molecule has 9 heteroatoms. The van der Waals surface area contributed by atoms with Crippen molar-refractivity contribution in [1.29, 1.82) is 0 Å². The first-order valence-corrected chi connectivity index (χ1v) is 8.36. The SMILES string of the molecule is CC(=O)Nc1ccc(N/N=C2/C(=O)N(C(N)=S)N=C2c2ccccc2)cc1. The highest BCUT2D eigenvalue weighted by Crippen LogP contribution is 2.16. The van der Waals surface area contributed by atoms with Crippen molar-refractivity contribution in [2.24, 2.45) is 15.9 Å². The lowest BCUT2D eigenvalue weighted by atomic mass is 10.1. The molecule has 2 aromatic carbocycles. The Kier molecular flexibility index (Phi) is 5.23. The molecule has 1 aliphatic rings. The van der Waals surface area contributed by atoms with E-state index in [1.807, 2.05) is 30.3 Å². The second-order valence-corrected chi connectivity index (χ2v) is 6.02. The number of hydrazone groups is 2. The molecule has 0 saturated carbocycles. The Bertz CT molecular complexity index is 954. The molecule has 2 amide bonds. The van der Waals surface area contributed by atoms with Gasteiger partial charge in [0.1, 0.15) is 5.71 Å². The number of nitrogens with zero attached hydrogens (tertiary/aromatic N) is 3. The Morgan fingerprint density at radius 3 is 2.33 bits per heavy atom. The van der Waals surface area contributed by atoms with Gasteiger partial charge in [-0.2, -0.15) is 15.2 Å². The minimum atomic E-state index is -0.510. The number of anilines is 2. The number of thiocarbonyl (C=S) groups is 1. The van der Waals surface area contributed by atoms with Gasteiger partial charge in [-0.1, -0.05) is 30.3 Å². The van der Waals surface area contributed by atoms with Crippen LogP contribution in [-0.2, 0) is 9.59 Å². The average molecular weight is 380 g/mol. The van der Waals surface area contributed by atoms with Crippen molar-refractivity contribution >= 4 is 51.9 Å². The summed E-state index contributed by atoms with van der Waals surface area (Å²) in [5.41, 5.74) is 10.9. The van der Waals surface area contributed by atoms with E-state index < -0.39 is 5.91 Å². The number of carbonyl (C=O) groups excluding carboxylic acids is 2. The third-order valence-corrected chi connectivity index (χ3v) is 3.75. The fourth-order valence-corrected chi connectivity index (χ4v) is 2.51. The minimum absolute atomic E-state index is 0.0972. The molecule has 0 spiro atoms. The van der Waals surface area contributed by atoms with E-state index in [0.717, 1.165) is 5.01 Å². The second-order valence-electron chi connectivity index (χ2n) is 5.60. The molecule has 8 nitrogen and oxygen atoms in total. The summed E-state index contributed by atoms with van der Waals surface area (Å²) in [5, 5.41) is 11.9. The lowest BCUT2D eigenvalue weighted by Gasteiger charge is -2.07. The zero-order chi connectivity index (χ0) is 19.4. The van der Waals surface area contributed by atoms with Crippen LogP contribution in [0, 0.1) is 0 Å². The van der Waals surface area contributed by atoms with Crippen molar-refractivity contribution in [3.63, 3.8) is 0 Å². The second kappa shape index (κ2) is 7.75. The van der Waals surface area contributed by atoms with Crippen LogP contribution in [0.15, 0.2) is 64.8 Å². The number of rotatable bonds is 4. The largest absolute Gasteiger partial charge is 0.374 e. The van der Waals surface area contributed by atoms with Crippen LogP contribution >= 0.6 is 12.2 Å². The van der Waals surface area contributed by atoms with Gasteiger partial charge in [0.05, 0.1) is 5.69 Å². The van der Waals surface area contributed by atoms with Crippen molar-refractivity contribution in [3.05, 3.63) is 60.2 Å². The van der Waals surface area contributed by atoms with Crippen LogP contribution in [-0.4, -0.2) is 33.4 Å². The first-order chi connectivity index (χ1) is 13.0. The van der Waals surface area contributed by atoms with Gasteiger partial charge >= 0.3 is 5.91 Å². The molecule has 0 saturated heterocycles. The van der Waals surface area contributed by atoms with Gasteiger partial charge in [-0.05, 0) is 36.5 Å². The van der Waals surface area contributed by atoms with Crippen LogP contribution in [0.2, 0.25) is 0 Å². The maximum Gasteiger partial charge on any atom is 0.303 e. The molecule has 0 aliphatic carbocycles. The standard InChI is InChI=1S/C18H16N6O2S/c1-11(25)20-13-7-9-14(10-8-13)21-22-16-15(12-5-3-2-4-6-12)23-24(17(16)26)18(19)27/h2-10,21H,1H3,(H2,19,27)(H,20,25)/b22-16+. The average Bonchev–Trinajstić information content (AvgIpc) is 2.98. The van der Waals surface area contributed by atoms with Gasteiger partial charge in [0, 0.05) is 18.2 Å². The highest BCUT2D eigenvalue weighted by Gasteiger charge is 2.34. The van der Waals surface area contributed by atoms with E-state index >= 15 is 0 Å². The Morgan fingerprint density at radius 2 is 1.74 bits per heavy atom. The monoisotopic (exact) mass is 380 g/mol. The van der Waals surface area contributed by atoms with Gasteiger partial charge in [-0.25, -0.2) is 0 Å². The molecule has 0 radical (unpaired) electrons. The molecular formula is C18H16N6O2S. The maximum atomic E-state index is 12.6. The summed E-state index contributed by atoms with van der Waals surface area (Å²) in [6.07, 6.45) is 0. The summed E-state index contributed by atoms with van der Waals surface area (Å²) in [6.45, 7) is 1.43. The third kappa shape index (κ3) is 4.15. The Hall–Kier alpha value is -3.59. The minimum Gasteiger partial charge on any atom is -0.374 e. The number of nitrogens with two attached hydrogens (primary N) is 1. The predicted octanol–water partition coefficient (Wildman–Crippen LogP) is 1.90. The van der Waals surface area contributed by atoms with E-state index in [0.29, 0.717) is 22.6 Å². The maximum absolute atomic E-state index is 12.6. The number of hydrogen-bond donors (Lipinski definition) is 3. The number of nitrogens with one attached hydrogen (secondary N) is 2. The zero-order valence-corrected chi connectivity index (χ0v) is 15.2. The summed E-state index contributed by atoms with van der Waals surface area (Å²) in [5.74, 6) is -0.669. The molecule has 1 aliphatic heterocycles. The van der Waals surface area contributed by atoms with E-state index in [1.165, 1.54) is 6.92 Å². The van der Waals surface area contributed by atoms with Gasteiger partial charge in [0.15, 0.2) is 10.8 Å². The van der Waals surface area contributed by atoms with Crippen LogP contribution in [0.4, 0.5) is 11.4 Å². The van der Waals surface area contributed by atoms with Crippen molar-refractivity contribution < 1.29 is 9.59 Å². The Labute approximate surface area is 160 Å². The van der Waals surface area contributed by atoms with Gasteiger partial charge in [-0.3, -0.25) is 15.0 Å². The van der Waals surface area contributed by atoms with Crippen LogP contribution in [0.25, 0.3) is 0 Å². The number of benzene rings is 2. The molecule has 0 atom stereocenters. The van der Waals surface area contributed by atoms with Gasteiger partial charge < -0.3 is 11.1 Å². The number of amides is 2. The van der Waals surface area contributed by atoms with Gasteiger partial charge in [0.25, 0.3) is 0 Å². The van der Waals surface area contributed by atoms with Crippen molar-refractivity contribution in [3.8, 4) is 0 Å². The molecule has 2 aromatic rings. The number of hydrogen-bond acceptors (Lipinski definition) is 6. The van der Waals surface area contributed by atoms with Crippen molar-refractivity contribution in [2.75, 3.05) is 10.7 Å². The molecule has 136 valence electrons. The van der Waals surface area contributed by atoms with E-state index in [4.69, 9.17) is 18.0 Å². The topological polar surface area (TPSA) is 112 Å². The van der Waals surface area contributed by atoms with Crippen LogP contribution in [0.5, 0.6) is 0 Å². The molecule has 1 heterocycles. The fourth-order valence-electron chi connectivity index (χ4n) is 2.39. The van der Waals surface area contributed by atoms with Crippen molar-refractivity contribution in [2.45, 2.75) is 6.92 Å². The molecule has 4 N–H and O–H groups in total. The first kappa shape index (κ1) is 18.2. The smallest absolute Gasteiger partial charge is 0.303 e. The highest BCUT2D eigenvalue weighted by atomic mass is 32.1. The van der Waals surface area contributed by atoms with E-state index in [-0.39, 0.29) is 16.7 Å².